The van der Waals surface area contributed by atoms with Crippen LogP contribution >= 0.6 is 0 Å². The third-order valence-corrected chi connectivity index (χ3v) is 6.02. The number of nitrogens with zero attached hydrogens (tertiary/aromatic N) is 3. The minimum Gasteiger partial charge on any atom is -0.496 e. The van der Waals surface area contributed by atoms with Crippen LogP contribution in [0.5, 0.6) is 17.2 Å². The van der Waals surface area contributed by atoms with E-state index in [1.165, 1.54) is 0 Å². The summed E-state index contributed by atoms with van der Waals surface area (Å²) in [4.78, 5) is 7.00. The molecule has 0 spiro atoms. The number of aromatic nitrogens is 1. The fraction of sp³-hybridized carbons (Fsp3) is 0.400. The van der Waals surface area contributed by atoms with Crippen molar-refractivity contribution in [2.75, 3.05) is 26.7 Å². The lowest BCUT2D eigenvalue weighted by atomic mass is 9.86. The largest absolute Gasteiger partial charge is 0.496 e. The summed E-state index contributed by atoms with van der Waals surface area (Å²) in [7, 11) is 3.76. The Hall–Kier alpha value is -2.98. The molecule has 2 bridgehead atoms. The third-order valence-electron chi connectivity index (χ3n) is 6.02. The van der Waals surface area contributed by atoms with E-state index in [1.807, 2.05) is 12.1 Å². The first-order valence-corrected chi connectivity index (χ1v) is 9.04. The zero-order chi connectivity index (χ0) is 18.7. The van der Waals surface area contributed by atoms with Crippen molar-refractivity contribution in [1.82, 2.24) is 9.88 Å². The van der Waals surface area contributed by atoms with Crippen LogP contribution in [-0.4, -0.2) is 36.9 Å². The van der Waals surface area contributed by atoms with Crippen LogP contribution in [0.4, 0.5) is 5.82 Å². The second-order valence-corrected chi connectivity index (χ2v) is 7.24. The first-order valence-electron chi connectivity index (χ1n) is 9.04. The molecule has 0 saturated carbocycles. The third kappa shape index (κ3) is 2.20. The predicted octanol–water partition coefficient (Wildman–Crippen LogP) is 2.63. The molecule has 1 saturated heterocycles. The SMILES string of the molecule is COc1cc2c(cc1-c1c(C#N)c(N)nc3c1[C@@H]1CC[C@H](C3)N1C)OCO2. The first-order chi connectivity index (χ1) is 13.1. The fourth-order valence-corrected chi connectivity index (χ4v) is 4.69. The average molecular weight is 364 g/mol. The fourth-order valence-electron chi connectivity index (χ4n) is 4.69. The zero-order valence-corrected chi connectivity index (χ0v) is 15.3. The molecule has 0 radical (unpaired) electrons. The van der Waals surface area contributed by atoms with E-state index in [0.29, 0.717) is 28.9 Å². The molecule has 0 aliphatic carbocycles. The summed E-state index contributed by atoms with van der Waals surface area (Å²) in [6, 6.07) is 6.68. The van der Waals surface area contributed by atoms with Gasteiger partial charge in [0.2, 0.25) is 6.79 Å². The minimum absolute atomic E-state index is 0.177. The molecule has 1 aromatic heterocycles. The zero-order valence-electron chi connectivity index (χ0n) is 15.3. The number of hydrogen-bond donors (Lipinski definition) is 1. The predicted molar refractivity (Wildman–Crippen MR) is 98.7 cm³/mol. The number of methoxy groups -OCH3 is 1. The monoisotopic (exact) mass is 364 g/mol. The summed E-state index contributed by atoms with van der Waals surface area (Å²) in [5.74, 6) is 2.19. The van der Waals surface area contributed by atoms with Gasteiger partial charge in [0.1, 0.15) is 23.2 Å². The van der Waals surface area contributed by atoms with Gasteiger partial charge in [0.25, 0.3) is 0 Å². The number of nitriles is 1. The van der Waals surface area contributed by atoms with Crippen LogP contribution < -0.4 is 19.9 Å². The van der Waals surface area contributed by atoms with Crippen LogP contribution in [0.25, 0.3) is 11.1 Å². The maximum absolute atomic E-state index is 9.87. The van der Waals surface area contributed by atoms with Crippen molar-refractivity contribution in [3.8, 4) is 34.4 Å². The van der Waals surface area contributed by atoms with Crippen LogP contribution in [0.2, 0.25) is 0 Å². The number of hydrogen-bond acceptors (Lipinski definition) is 7. The second-order valence-electron chi connectivity index (χ2n) is 7.24. The molecule has 2 N–H and O–H groups in total. The first kappa shape index (κ1) is 16.2. The normalized spacial score (nSPS) is 22.4. The van der Waals surface area contributed by atoms with Gasteiger partial charge in [0.15, 0.2) is 11.5 Å². The van der Waals surface area contributed by atoms with Gasteiger partial charge >= 0.3 is 0 Å². The number of rotatable bonds is 2. The quantitative estimate of drug-likeness (QED) is 0.875. The summed E-state index contributed by atoms with van der Waals surface area (Å²) < 4.78 is 16.7. The van der Waals surface area contributed by atoms with Crippen LogP contribution in [0.3, 0.4) is 0 Å². The Balaban J connectivity index is 1.83. The molecule has 0 amide bonds. The van der Waals surface area contributed by atoms with Gasteiger partial charge in [-0.15, -0.1) is 0 Å². The van der Waals surface area contributed by atoms with E-state index in [1.54, 1.807) is 7.11 Å². The van der Waals surface area contributed by atoms with Gasteiger partial charge in [-0.05, 0) is 26.0 Å². The summed E-state index contributed by atoms with van der Waals surface area (Å²) in [6.45, 7) is 0.177. The molecule has 1 fully saturated rings. The van der Waals surface area contributed by atoms with E-state index in [4.69, 9.17) is 19.9 Å². The van der Waals surface area contributed by atoms with Crippen LogP contribution in [-0.2, 0) is 6.42 Å². The highest BCUT2D eigenvalue weighted by Crippen LogP contribution is 2.51. The van der Waals surface area contributed by atoms with Crippen LogP contribution in [0.1, 0.15) is 35.7 Å². The highest BCUT2D eigenvalue weighted by atomic mass is 16.7. The Morgan fingerprint density at radius 3 is 2.81 bits per heavy atom. The molecule has 1 aromatic carbocycles. The van der Waals surface area contributed by atoms with Crippen molar-refractivity contribution in [1.29, 1.82) is 5.26 Å². The topological polar surface area (TPSA) is 93.6 Å². The number of anilines is 1. The highest BCUT2D eigenvalue weighted by Gasteiger charge is 2.41. The van der Waals surface area contributed by atoms with Crippen LogP contribution in [0, 0.1) is 11.3 Å². The standard InChI is InChI=1S/C20H20N4O3/c1-24-10-3-4-14(24)19-13(5-10)23-20(22)12(8-21)18(19)11-6-16-17(27-9-26-16)7-15(11)25-2/h6-7,10,14H,3-5,9H2,1-2H3,(H2,22,23)/t10-,14+/m1/s1. The number of nitrogens with two attached hydrogens (primary N) is 1. The van der Waals surface area contributed by atoms with E-state index >= 15 is 0 Å². The van der Waals surface area contributed by atoms with Crippen molar-refractivity contribution in [2.24, 2.45) is 0 Å². The average Bonchev–Trinajstić information content (AvgIpc) is 3.21. The van der Waals surface area contributed by atoms with E-state index in [9.17, 15) is 5.26 Å². The summed E-state index contributed by atoms with van der Waals surface area (Å²) in [6.07, 6.45) is 3.01. The summed E-state index contributed by atoms with van der Waals surface area (Å²) in [5.41, 5.74) is 10.3. The highest BCUT2D eigenvalue weighted by molar-refractivity contribution is 5.85. The van der Waals surface area contributed by atoms with Crippen molar-refractivity contribution < 1.29 is 14.2 Å². The van der Waals surface area contributed by atoms with Crippen molar-refractivity contribution in [3.63, 3.8) is 0 Å². The van der Waals surface area contributed by atoms with Crippen molar-refractivity contribution in [2.45, 2.75) is 31.3 Å². The number of ether oxygens (including phenoxy) is 3. The maximum atomic E-state index is 9.87. The Morgan fingerprint density at radius 1 is 1.30 bits per heavy atom. The van der Waals surface area contributed by atoms with Gasteiger partial charge in [0, 0.05) is 47.0 Å². The molecule has 0 unspecified atom stereocenters. The Labute approximate surface area is 157 Å². The molecule has 27 heavy (non-hydrogen) atoms. The van der Waals surface area contributed by atoms with Gasteiger partial charge < -0.3 is 19.9 Å². The van der Waals surface area contributed by atoms with E-state index in [2.05, 4.69) is 23.0 Å². The molecule has 3 aliphatic heterocycles. The van der Waals surface area contributed by atoms with E-state index in [0.717, 1.165) is 41.6 Å². The smallest absolute Gasteiger partial charge is 0.231 e. The van der Waals surface area contributed by atoms with Crippen LogP contribution in [0.15, 0.2) is 12.1 Å². The van der Waals surface area contributed by atoms with Crippen molar-refractivity contribution in [3.05, 3.63) is 29.0 Å². The second kappa shape index (κ2) is 5.76. The molecule has 7 heteroatoms. The van der Waals surface area contributed by atoms with Gasteiger partial charge in [0.05, 0.1) is 7.11 Å². The van der Waals surface area contributed by atoms with Gasteiger partial charge in [-0.25, -0.2) is 4.98 Å². The Morgan fingerprint density at radius 2 is 2.07 bits per heavy atom. The molecule has 3 aliphatic rings. The van der Waals surface area contributed by atoms with Gasteiger partial charge in [-0.2, -0.15) is 5.26 Å². The van der Waals surface area contributed by atoms with E-state index in [-0.39, 0.29) is 18.7 Å². The summed E-state index contributed by atoms with van der Waals surface area (Å²) >= 11 is 0. The molecular weight excluding hydrogens is 344 g/mol. The van der Waals surface area contributed by atoms with E-state index < -0.39 is 0 Å². The number of benzene rings is 1. The lowest BCUT2D eigenvalue weighted by molar-refractivity contribution is 0.174. The summed E-state index contributed by atoms with van der Waals surface area (Å²) in [5, 5.41) is 9.87. The molecular formula is C20H20N4O3. The number of pyridine rings is 1. The molecule has 138 valence electrons. The molecule has 2 aromatic rings. The molecule has 5 rings (SSSR count). The lowest BCUT2D eigenvalue weighted by Crippen LogP contribution is -2.35. The number of likely N-dealkylation sites (N-methyl/N-ethyl adjacent to an activating group) is 1. The number of nitrogen functional groups attached to an aromatic ring is 1. The minimum atomic E-state index is 0.177. The lowest BCUT2D eigenvalue weighted by Gasteiger charge is -2.34. The van der Waals surface area contributed by atoms with Gasteiger partial charge in [-0.1, -0.05) is 0 Å². The molecule has 7 nitrogen and oxygen atoms in total. The Kier molecular flexibility index (Phi) is 3.46. The molecule has 2 atom stereocenters. The number of fused-ring (bicyclic) bond motifs is 5. The Bertz CT molecular complexity index is 998. The maximum Gasteiger partial charge on any atom is 0.231 e. The van der Waals surface area contributed by atoms with Crippen molar-refractivity contribution >= 4 is 5.82 Å². The molecule has 4 heterocycles. The van der Waals surface area contributed by atoms with Gasteiger partial charge in [-0.3, -0.25) is 4.90 Å².